The predicted molar refractivity (Wildman–Crippen MR) is 71.1 cm³/mol. The molecule has 0 amide bonds. The molecule has 1 rings (SSSR count). The van der Waals surface area contributed by atoms with E-state index in [-0.39, 0.29) is 0 Å². The van der Waals surface area contributed by atoms with Crippen LogP contribution in [0.4, 0.5) is 5.69 Å². The van der Waals surface area contributed by atoms with Gasteiger partial charge in [0.1, 0.15) is 0 Å². The van der Waals surface area contributed by atoms with Crippen molar-refractivity contribution in [3.63, 3.8) is 0 Å². The Morgan fingerprint density at radius 1 is 1.06 bits per heavy atom. The van der Waals surface area contributed by atoms with E-state index in [0.29, 0.717) is 18.3 Å². The van der Waals surface area contributed by atoms with E-state index < -0.39 is 0 Å². The molecular formula is C11H17Cl2N3. The lowest BCUT2D eigenvalue weighted by molar-refractivity contribution is 0.741. The normalized spacial score (nSPS) is 10.4. The van der Waals surface area contributed by atoms with Crippen LogP contribution < -0.4 is 16.2 Å². The Morgan fingerprint density at radius 2 is 1.62 bits per heavy atom. The summed E-state index contributed by atoms with van der Waals surface area (Å²) in [4.78, 5) is 2.17. The van der Waals surface area contributed by atoms with Gasteiger partial charge in [-0.05, 0) is 17.7 Å². The van der Waals surface area contributed by atoms with Gasteiger partial charge in [-0.3, -0.25) is 11.3 Å². The van der Waals surface area contributed by atoms with Gasteiger partial charge in [0.05, 0.1) is 0 Å². The van der Waals surface area contributed by atoms with Gasteiger partial charge in [-0.1, -0.05) is 12.1 Å². The Kier molecular flexibility index (Phi) is 6.57. The van der Waals surface area contributed by atoms with Crippen LogP contribution in [0.3, 0.4) is 0 Å². The molecular weight excluding hydrogens is 245 g/mol. The van der Waals surface area contributed by atoms with E-state index >= 15 is 0 Å². The van der Waals surface area contributed by atoms with Crippen molar-refractivity contribution >= 4 is 28.9 Å². The third-order valence-electron chi connectivity index (χ3n) is 2.32. The number of anilines is 1. The summed E-state index contributed by atoms with van der Waals surface area (Å²) < 4.78 is 0. The van der Waals surface area contributed by atoms with Gasteiger partial charge in [-0.25, -0.2) is 0 Å². The van der Waals surface area contributed by atoms with E-state index in [0.717, 1.165) is 24.3 Å². The summed E-state index contributed by atoms with van der Waals surface area (Å²) in [5.41, 5.74) is 4.92. The number of nitrogens with two attached hydrogens (primary N) is 1. The number of hydrogen-bond acceptors (Lipinski definition) is 3. The van der Waals surface area contributed by atoms with Crippen molar-refractivity contribution in [1.29, 1.82) is 0 Å². The molecule has 0 saturated carbocycles. The predicted octanol–water partition coefficient (Wildman–Crippen LogP) is 1.93. The largest absolute Gasteiger partial charge is 0.369 e. The van der Waals surface area contributed by atoms with Crippen molar-refractivity contribution in [2.45, 2.75) is 6.54 Å². The Labute approximate surface area is 106 Å². The van der Waals surface area contributed by atoms with Crippen molar-refractivity contribution in [2.75, 3.05) is 29.7 Å². The van der Waals surface area contributed by atoms with E-state index in [1.165, 1.54) is 0 Å². The van der Waals surface area contributed by atoms with E-state index in [4.69, 9.17) is 29.0 Å². The summed E-state index contributed by atoms with van der Waals surface area (Å²) in [5, 5.41) is 0. The van der Waals surface area contributed by atoms with Crippen molar-refractivity contribution in [3.05, 3.63) is 29.8 Å². The second-order valence-electron chi connectivity index (χ2n) is 3.41. The van der Waals surface area contributed by atoms with Crippen LogP contribution in [0.5, 0.6) is 0 Å². The zero-order valence-corrected chi connectivity index (χ0v) is 10.6. The lowest BCUT2D eigenvalue weighted by Gasteiger charge is -2.23. The number of benzene rings is 1. The van der Waals surface area contributed by atoms with Crippen molar-refractivity contribution < 1.29 is 0 Å². The standard InChI is InChI=1S/C11H17Cl2N3/c12-5-7-16(8-6-13)11-3-1-10(2-4-11)9-15-14/h1-4,15H,5-9,14H2. The number of hydrogen-bond donors (Lipinski definition) is 2. The molecule has 0 spiro atoms. The van der Waals surface area contributed by atoms with Gasteiger partial charge in [0.2, 0.25) is 0 Å². The van der Waals surface area contributed by atoms with Gasteiger partial charge >= 0.3 is 0 Å². The van der Waals surface area contributed by atoms with Gasteiger partial charge in [0.25, 0.3) is 0 Å². The minimum Gasteiger partial charge on any atom is -0.369 e. The molecule has 0 aliphatic rings. The van der Waals surface area contributed by atoms with Gasteiger partial charge in [-0.2, -0.15) is 0 Å². The summed E-state index contributed by atoms with van der Waals surface area (Å²) in [7, 11) is 0. The summed E-state index contributed by atoms with van der Waals surface area (Å²) >= 11 is 11.5. The fourth-order valence-corrected chi connectivity index (χ4v) is 1.92. The number of nitrogens with zero attached hydrogens (tertiary/aromatic N) is 1. The highest BCUT2D eigenvalue weighted by Crippen LogP contribution is 2.15. The van der Waals surface area contributed by atoms with E-state index in [1.54, 1.807) is 0 Å². The Bertz CT molecular complexity index is 284. The Balaban J connectivity index is 2.68. The molecule has 0 heterocycles. The summed E-state index contributed by atoms with van der Waals surface area (Å²) in [5.74, 6) is 6.46. The zero-order valence-electron chi connectivity index (χ0n) is 9.13. The fraction of sp³-hybridized carbons (Fsp3) is 0.455. The molecule has 3 N–H and O–H groups in total. The summed E-state index contributed by atoms with van der Waals surface area (Å²) in [6, 6.07) is 8.22. The first-order valence-corrected chi connectivity index (χ1v) is 6.28. The van der Waals surface area contributed by atoms with Crippen LogP contribution >= 0.6 is 23.2 Å². The molecule has 1 aromatic carbocycles. The average Bonchev–Trinajstić information content (AvgIpc) is 2.30. The zero-order chi connectivity index (χ0) is 11.8. The molecule has 0 saturated heterocycles. The number of rotatable bonds is 7. The molecule has 0 radical (unpaired) electrons. The topological polar surface area (TPSA) is 41.3 Å². The van der Waals surface area contributed by atoms with E-state index in [9.17, 15) is 0 Å². The lowest BCUT2D eigenvalue weighted by atomic mass is 10.2. The van der Waals surface area contributed by atoms with Crippen LogP contribution in [-0.4, -0.2) is 24.8 Å². The number of alkyl halides is 2. The van der Waals surface area contributed by atoms with Crippen LogP contribution in [0, 0.1) is 0 Å². The van der Waals surface area contributed by atoms with E-state index in [1.807, 2.05) is 12.1 Å². The number of hydrazine groups is 1. The van der Waals surface area contributed by atoms with Crippen molar-refractivity contribution in [2.24, 2.45) is 5.84 Å². The second kappa shape index (κ2) is 7.74. The monoisotopic (exact) mass is 261 g/mol. The first-order valence-electron chi connectivity index (χ1n) is 5.21. The minimum absolute atomic E-state index is 0.600. The first kappa shape index (κ1) is 13.6. The number of halogens is 2. The fourth-order valence-electron chi connectivity index (χ4n) is 1.52. The van der Waals surface area contributed by atoms with Crippen LogP contribution in [0.2, 0.25) is 0 Å². The molecule has 5 heteroatoms. The van der Waals surface area contributed by atoms with Crippen molar-refractivity contribution in [1.82, 2.24) is 5.43 Å². The summed E-state index contributed by atoms with van der Waals surface area (Å²) in [6.45, 7) is 2.29. The van der Waals surface area contributed by atoms with Crippen LogP contribution in [0.1, 0.15) is 5.56 Å². The Morgan fingerprint density at radius 3 is 2.06 bits per heavy atom. The molecule has 0 unspecified atom stereocenters. The third kappa shape index (κ3) is 4.18. The molecule has 1 aromatic rings. The molecule has 0 aromatic heterocycles. The van der Waals surface area contributed by atoms with Gasteiger partial charge < -0.3 is 4.90 Å². The van der Waals surface area contributed by atoms with Gasteiger partial charge in [-0.15, -0.1) is 23.2 Å². The molecule has 0 bridgehead atoms. The van der Waals surface area contributed by atoms with Crippen LogP contribution in [0.15, 0.2) is 24.3 Å². The van der Waals surface area contributed by atoms with Crippen LogP contribution in [0.25, 0.3) is 0 Å². The molecule has 0 fully saturated rings. The van der Waals surface area contributed by atoms with E-state index in [2.05, 4.69) is 22.5 Å². The molecule has 0 atom stereocenters. The number of nitrogens with one attached hydrogen (secondary N) is 1. The van der Waals surface area contributed by atoms with Crippen LogP contribution in [-0.2, 0) is 6.54 Å². The second-order valence-corrected chi connectivity index (χ2v) is 4.17. The third-order valence-corrected chi connectivity index (χ3v) is 2.65. The van der Waals surface area contributed by atoms with Gasteiger partial charge in [0, 0.05) is 37.1 Å². The lowest BCUT2D eigenvalue weighted by Crippen LogP contribution is -2.27. The molecule has 3 nitrogen and oxygen atoms in total. The molecule has 0 aliphatic carbocycles. The SMILES string of the molecule is NNCc1ccc(N(CCCl)CCCl)cc1. The molecule has 0 aliphatic heterocycles. The first-order chi connectivity index (χ1) is 7.81. The maximum Gasteiger partial charge on any atom is 0.0399 e. The highest BCUT2D eigenvalue weighted by molar-refractivity contribution is 6.18. The quantitative estimate of drug-likeness (QED) is 0.448. The van der Waals surface area contributed by atoms with Gasteiger partial charge in [0.15, 0.2) is 0 Å². The average molecular weight is 262 g/mol. The maximum absolute atomic E-state index is 5.75. The molecule has 16 heavy (non-hydrogen) atoms. The highest BCUT2D eigenvalue weighted by Gasteiger charge is 2.04. The highest BCUT2D eigenvalue weighted by atomic mass is 35.5. The maximum atomic E-state index is 5.75. The summed E-state index contributed by atoms with van der Waals surface area (Å²) in [6.07, 6.45) is 0. The Hall–Kier alpha value is -0.480. The smallest absolute Gasteiger partial charge is 0.0399 e. The van der Waals surface area contributed by atoms with Crippen molar-refractivity contribution in [3.8, 4) is 0 Å². The minimum atomic E-state index is 0.600. The molecule has 90 valence electrons.